The average Bonchev–Trinajstić information content (AvgIpc) is 3.29. The maximum absolute atomic E-state index is 3.63. The van der Waals surface area contributed by atoms with Crippen molar-refractivity contribution >= 4 is 11.3 Å². The topological polar surface area (TPSA) is 15.3 Å². The van der Waals surface area contributed by atoms with Crippen LogP contribution in [0.4, 0.5) is 0 Å². The average molecular weight is 292 g/mol. The SMILES string of the molecule is Cc1sc(CNC2CC2)cc1CN(CC1CC1)C(C)C. The van der Waals surface area contributed by atoms with E-state index < -0.39 is 0 Å². The molecule has 0 atom stereocenters. The van der Waals surface area contributed by atoms with Crippen molar-refractivity contribution in [1.29, 1.82) is 0 Å². The molecule has 2 saturated carbocycles. The molecule has 0 amide bonds. The van der Waals surface area contributed by atoms with Gasteiger partial charge in [-0.1, -0.05) is 0 Å². The predicted octanol–water partition coefficient (Wildman–Crippen LogP) is 3.93. The Morgan fingerprint density at radius 1 is 1.30 bits per heavy atom. The third kappa shape index (κ3) is 4.06. The highest BCUT2D eigenvalue weighted by Gasteiger charge is 2.26. The van der Waals surface area contributed by atoms with Crippen molar-refractivity contribution in [2.24, 2.45) is 5.92 Å². The van der Waals surface area contributed by atoms with Gasteiger partial charge in [-0.2, -0.15) is 0 Å². The summed E-state index contributed by atoms with van der Waals surface area (Å²) in [5.41, 5.74) is 1.55. The summed E-state index contributed by atoms with van der Waals surface area (Å²) in [6.07, 6.45) is 5.64. The van der Waals surface area contributed by atoms with E-state index in [1.807, 2.05) is 11.3 Å². The van der Waals surface area contributed by atoms with Gasteiger partial charge >= 0.3 is 0 Å². The van der Waals surface area contributed by atoms with Crippen LogP contribution in [0.5, 0.6) is 0 Å². The lowest BCUT2D eigenvalue weighted by molar-refractivity contribution is 0.203. The normalized spacial score (nSPS) is 19.2. The molecule has 0 unspecified atom stereocenters. The first-order valence-corrected chi connectivity index (χ1v) is 8.99. The van der Waals surface area contributed by atoms with E-state index >= 15 is 0 Å². The minimum absolute atomic E-state index is 0.655. The Morgan fingerprint density at radius 2 is 2.05 bits per heavy atom. The summed E-state index contributed by atoms with van der Waals surface area (Å²) in [5, 5.41) is 3.63. The molecule has 3 heteroatoms. The molecule has 112 valence electrons. The number of nitrogens with zero attached hydrogens (tertiary/aromatic N) is 1. The zero-order valence-corrected chi connectivity index (χ0v) is 13.9. The van der Waals surface area contributed by atoms with E-state index in [-0.39, 0.29) is 0 Å². The zero-order valence-electron chi connectivity index (χ0n) is 13.1. The van der Waals surface area contributed by atoms with Gasteiger partial charge in [0.15, 0.2) is 0 Å². The van der Waals surface area contributed by atoms with Gasteiger partial charge < -0.3 is 5.32 Å². The minimum Gasteiger partial charge on any atom is -0.309 e. The Bertz CT molecular complexity index is 444. The lowest BCUT2D eigenvalue weighted by Gasteiger charge is -2.26. The molecule has 0 radical (unpaired) electrons. The first-order chi connectivity index (χ1) is 9.61. The molecule has 0 saturated heterocycles. The Morgan fingerprint density at radius 3 is 2.65 bits per heavy atom. The van der Waals surface area contributed by atoms with Crippen LogP contribution >= 0.6 is 11.3 Å². The summed E-state index contributed by atoms with van der Waals surface area (Å²) in [5.74, 6) is 0.979. The second-order valence-electron chi connectivity index (χ2n) is 6.92. The number of thiophene rings is 1. The van der Waals surface area contributed by atoms with E-state index in [1.165, 1.54) is 42.0 Å². The van der Waals surface area contributed by atoms with E-state index in [0.717, 1.165) is 25.0 Å². The number of hydrogen-bond acceptors (Lipinski definition) is 3. The monoisotopic (exact) mass is 292 g/mol. The molecule has 1 N–H and O–H groups in total. The van der Waals surface area contributed by atoms with Gasteiger partial charge in [0.1, 0.15) is 0 Å². The molecule has 1 aromatic heterocycles. The Labute approximate surface area is 127 Å². The molecule has 20 heavy (non-hydrogen) atoms. The molecule has 2 nitrogen and oxygen atoms in total. The van der Waals surface area contributed by atoms with Crippen molar-refractivity contribution in [3.05, 3.63) is 21.4 Å². The fourth-order valence-electron chi connectivity index (χ4n) is 2.67. The second kappa shape index (κ2) is 6.17. The maximum Gasteiger partial charge on any atom is 0.0302 e. The lowest BCUT2D eigenvalue weighted by Crippen LogP contribution is -2.32. The Kier molecular flexibility index (Phi) is 4.49. The predicted molar refractivity (Wildman–Crippen MR) is 87.2 cm³/mol. The number of nitrogens with one attached hydrogen (secondary N) is 1. The Hall–Kier alpha value is -0.380. The van der Waals surface area contributed by atoms with Gasteiger partial charge in [0, 0.05) is 41.5 Å². The summed E-state index contributed by atoms with van der Waals surface area (Å²) < 4.78 is 0. The number of rotatable bonds is 8. The highest BCUT2D eigenvalue weighted by molar-refractivity contribution is 7.12. The molecule has 0 aromatic carbocycles. The van der Waals surface area contributed by atoms with E-state index in [2.05, 4.69) is 37.1 Å². The van der Waals surface area contributed by atoms with Crippen LogP contribution in [0.1, 0.15) is 54.8 Å². The first-order valence-electron chi connectivity index (χ1n) is 8.17. The van der Waals surface area contributed by atoms with Crippen molar-refractivity contribution < 1.29 is 0 Å². The van der Waals surface area contributed by atoms with Crippen molar-refractivity contribution in [3.63, 3.8) is 0 Å². The van der Waals surface area contributed by atoms with Crippen molar-refractivity contribution in [2.75, 3.05) is 6.54 Å². The molecule has 2 aliphatic rings. The lowest BCUT2D eigenvalue weighted by atomic mass is 10.2. The highest BCUT2D eigenvalue weighted by Crippen LogP contribution is 2.32. The molecule has 2 fully saturated rings. The molecule has 3 rings (SSSR count). The van der Waals surface area contributed by atoms with Crippen LogP contribution in [-0.4, -0.2) is 23.5 Å². The van der Waals surface area contributed by atoms with E-state index in [0.29, 0.717) is 6.04 Å². The summed E-state index contributed by atoms with van der Waals surface area (Å²) in [6, 6.07) is 3.91. The van der Waals surface area contributed by atoms with Crippen LogP contribution in [0.2, 0.25) is 0 Å². The number of aryl methyl sites for hydroxylation is 1. The quantitative estimate of drug-likeness (QED) is 0.781. The summed E-state index contributed by atoms with van der Waals surface area (Å²) in [4.78, 5) is 5.68. The van der Waals surface area contributed by atoms with Crippen LogP contribution in [0.3, 0.4) is 0 Å². The third-order valence-electron chi connectivity index (χ3n) is 4.51. The molecule has 0 spiro atoms. The largest absolute Gasteiger partial charge is 0.309 e. The zero-order chi connectivity index (χ0) is 14.1. The van der Waals surface area contributed by atoms with Gasteiger partial charge in [-0.15, -0.1) is 11.3 Å². The van der Waals surface area contributed by atoms with Gasteiger partial charge in [0.2, 0.25) is 0 Å². The van der Waals surface area contributed by atoms with E-state index in [1.54, 1.807) is 5.56 Å². The van der Waals surface area contributed by atoms with Crippen molar-refractivity contribution in [2.45, 2.75) is 71.6 Å². The molecule has 1 heterocycles. The maximum atomic E-state index is 3.63. The van der Waals surface area contributed by atoms with Gasteiger partial charge in [-0.05, 0) is 64.0 Å². The van der Waals surface area contributed by atoms with Crippen LogP contribution in [0, 0.1) is 12.8 Å². The molecule has 0 bridgehead atoms. The second-order valence-corrected chi connectivity index (χ2v) is 8.26. The minimum atomic E-state index is 0.655. The summed E-state index contributed by atoms with van der Waals surface area (Å²) in [6.45, 7) is 10.5. The third-order valence-corrected chi connectivity index (χ3v) is 5.60. The molecule has 2 aliphatic carbocycles. The van der Waals surface area contributed by atoms with Crippen LogP contribution < -0.4 is 5.32 Å². The van der Waals surface area contributed by atoms with E-state index in [4.69, 9.17) is 0 Å². The van der Waals surface area contributed by atoms with Crippen LogP contribution in [0.25, 0.3) is 0 Å². The van der Waals surface area contributed by atoms with Gasteiger partial charge in [0.05, 0.1) is 0 Å². The van der Waals surface area contributed by atoms with Gasteiger partial charge in [0.25, 0.3) is 0 Å². The highest BCUT2D eigenvalue weighted by atomic mass is 32.1. The van der Waals surface area contributed by atoms with Crippen molar-refractivity contribution in [1.82, 2.24) is 10.2 Å². The summed E-state index contributed by atoms with van der Waals surface area (Å²) >= 11 is 1.98. The van der Waals surface area contributed by atoms with E-state index in [9.17, 15) is 0 Å². The molecule has 1 aromatic rings. The van der Waals surface area contributed by atoms with Crippen molar-refractivity contribution in [3.8, 4) is 0 Å². The van der Waals surface area contributed by atoms with Crippen LogP contribution in [0.15, 0.2) is 6.07 Å². The first kappa shape index (κ1) is 14.6. The fraction of sp³-hybridized carbons (Fsp3) is 0.765. The van der Waals surface area contributed by atoms with Gasteiger partial charge in [-0.25, -0.2) is 0 Å². The molecular formula is C17H28N2S. The molecular weight excluding hydrogens is 264 g/mol. The molecule has 0 aliphatic heterocycles. The standard InChI is InChI=1S/C17H28N2S/c1-12(2)19(10-14-4-5-14)11-15-8-17(20-13(15)3)9-18-16-6-7-16/h8,12,14,16,18H,4-7,9-11H2,1-3H3. The van der Waals surface area contributed by atoms with Crippen LogP contribution in [-0.2, 0) is 13.1 Å². The number of hydrogen-bond donors (Lipinski definition) is 1. The smallest absolute Gasteiger partial charge is 0.0302 e. The fourth-order valence-corrected chi connectivity index (χ4v) is 3.68. The van der Waals surface area contributed by atoms with Gasteiger partial charge in [-0.3, -0.25) is 4.90 Å². The summed E-state index contributed by atoms with van der Waals surface area (Å²) in [7, 11) is 0. The Balaban J connectivity index is 1.58.